The topological polar surface area (TPSA) is 59.8 Å². The van der Waals surface area contributed by atoms with Crippen molar-refractivity contribution in [2.24, 2.45) is 0 Å². The molecule has 1 aliphatic rings. The largest absolute Gasteiger partial charge is 0.353 e. The van der Waals surface area contributed by atoms with E-state index in [4.69, 9.17) is 0 Å². The van der Waals surface area contributed by atoms with Crippen molar-refractivity contribution < 1.29 is 4.79 Å². The zero-order valence-electron chi connectivity index (χ0n) is 15.7. The maximum Gasteiger partial charge on any atom is 0.230 e. The van der Waals surface area contributed by atoms with Crippen molar-refractivity contribution in [3.8, 4) is 10.7 Å². The average Bonchev–Trinajstić information content (AvgIpc) is 3.38. The van der Waals surface area contributed by atoms with Gasteiger partial charge in [-0.2, -0.15) is 0 Å². The number of carbonyl (C=O) groups is 1. The van der Waals surface area contributed by atoms with Gasteiger partial charge < -0.3 is 5.32 Å². The predicted molar refractivity (Wildman–Crippen MR) is 115 cm³/mol. The Morgan fingerprint density at radius 1 is 1.11 bits per heavy atom. The van der Waals surface area contributed by atoms with Crippen molar-refractivity contribution in [1.82, 2.24) is 20.1 Å². The van der Waals surface area contributed by atoms with Crippen molar-refractivity contribution in [1.29, 1.82) is 0 Å². The highest BCUT2D eigenvalue weighted by Crippen LogP contribution is 2.28. The van der Waals surface area contributed by atoms with E-state index in [1.165, 1.54) is 36.6 Å². The van der Waals surface area contributed by atoms with E-state index in [1.807, 2.05) is 29.6 Å². The second-order valence-corrected chi connectivity index (χ2v) is 8.94. The van der Waals surface area contributed by atoms with Gasteiger partial charge in [-0.05, 0) is 29.9 Å². The minimum absolute atomic E-state index is 0.0869. The molecule has 3 aromatic rings. The summed E-state index contributed by atoms with van der Waals surface area (Å²) in [6, 6.07) is 14.7. The number of nitrogens with one attached hydrogen (secondary N) is 1. The lowest BCUT2D eigenvalue weighted by Crippen LogP contribution is -2.37. The summed E-state index contributed by atoms with van der Waals surface area (Å²) in [5.41, 5.74) is 1.19. The molecule has 0 spiro atoms. The third kappa shape index (κ3) is 4.83. The van der Waals surface area contributed by atoms with Gasteiger partial charge in [0.05, 0.1) is 17.2 Å². The van der Waals surface area contributed by atoms with Gasteiger partial charge >= 0.3 is 0 Å². The van der Waals surface area contributed by atoms with Crippen LogP contribution in [0.4, 0.5) is 0 Å². The second kappa shape index (κ2) is 9.39. The van der Waals surface area contributed by atoms with Gasteiger partial charge in [0.15, 0.2) is 11.0 Å². The molecule has 1 saturated carbocycles. The van der Waals surface area contributed by atoms with Gasteiger partial charge in [-0.1, -0.05) is 67.4 Å². The van der Waals surface area contributed by atoms with Gasteiger partial charge in [-0.15, -0.1) is 21.5 Å². The monoisotopic (exact) mass is 412 g/mol. The molecule has 2 heterocycles. The minimum Gasteiger partial charge on any atom is -0.353 e. The molecule has 0 radical (unpaired) electrons. The number of aromatic nitrogens is 3. The molecule has 2 aromatic heterocycles. The first-order chi connectivity index (χ1) is 13.8. The van der Waals surface area contributed by atoms with E-state index in [9.17, 15) is 4.79 Å². The van der Waals surface area contributed by atoms with E-state index in [0.29, 0.717) is 18.3 Å². The van der Waals surface area contributed by atoms with Crippen molar-refractivity contribution in [2.45, 2.75) is 49.8 Å². The molecule has 4 rings (SSSR count). The highest BCUT2D eigenvalue weighted by Gasteiger charge is 2.19. The van der Waals surface area contributed by atoms with Crippen LogP contribution in [0.15, 0.2) is 53.0 Å². The molecule has 1 aromatic carbocycles. The molecule has 1 N–H and O–H groups in total. The van der Waals surface area contributed by atoms with Gasteiger partial charge in [-0.25, -0.2) is 0 Å². The number of amides is 1. The smallest absolute Gasteiger partial charge is 0.230 e. The van der Waals surface area contributed by atoms with Crippen molar-refractivity contribution in [3.05, 3.63) is 53.4 Å². The van der Waals surface area contributed by atoms with E-state index < -0.39 is 0 Å². The Morgan fingerprint density at radius 2 is 1.93 bits per heavy atom. The van der Waals surface area contributed by atoms with Crippen molar-refractivity contribution in [2.75, 3.05) is 5.75 Å². The van der Waals surface area contributed by atoms with Gasteiger partial charge in [0.2, 0.25) is 5.91 Å². The fourth-order valence-corrected chi connectivity index (χ4v) is 5.00. The number of benzene rings is 1. The molecule has 0 aliphatic heterocycles. The van der Waals surface area contributed by atoms with Gasteiger partial charge in [0.1, 0.15) is 0 Å². The Kier molecular flexibility index (Phi) is 6.44. The lowest BCUT2D eigenvalue weighted by Gasteiger charge is -2.22. The Morgan fingerprint density at radius 3 is 2.68 bits per heavy atom. The lowest BCUT2D eigenvalue weighted by molar-refractivity contribution is -0.119. The molecule has 146 valence electrons. The number of thiophene rings is 1. The minimum atomic E-state index is 0.0869. The summed E-state index contributed by atoms with van der Waals surface area (Å²) < 4.78 is 2.11. The van der Waals surface area contributed by atoms with Crippen molar-refractivity contribution >= 4 is 29.0 Å². The number of rotatable bonds is 7. The predicted octanol–water partition coefficient (Wildman–Crippen LogP) is 4.60. The Labute approximate surface area is 173 Å². The van der Waals surface area contributed by atoms with Crippen LogP contribution in [0.1, 0.15) is 37.7 Å². The van der Waals surface area contributed by atoms with Crippen molar-refractivity contribution in [3.63, 3.8) is 0 Å². The second-order valence-electron chi connectivity index (χ2n) is 7.05. The van der Waals surface area contributed by atoms with Crippen LogP contribution in [0.3, 0.4) is 0 Å². The van der Waals surface area contributed by atoms with E-state index in [1.54, 1.807) is 11.3 Å². The van der Waals surface area contributed by atoms with Crippen LogP contribution in [0.25, 0.3) is 10.7 Å². The van der Waals surface area contributed by atoms with Gasteiger partial charge in [0, 0.05) is 6.04 Å². The summed E-state index contributed by atoms with van der Waals surface area (Å²) in [5.74, 6) is 1.31. The van der Waals surface area contributed by atoms with E-state index in [0.717, 1.165) is 28.7 Å². The first-order valence-corrected chi connectivity index (χ1v) is 11.6. The first-order valence-electron chi connectivity index (χ1n) is 9.73. The Balaban J connectivity index is 1.47. The van der Waals surface area contributed by atoms with Crippen LogP contribution in [0, 0.1) is 0 Å². The fraction of sp³-hybridized carbons (Fsp3) is 0.381. The normalized spacial score (nSPS) is 14.9. The highest BCUT2D eigenvalue weighted by molar-refractivity contribution is 7.99. The molecular formula is C21H24N4OS2. The molecule has 0 unspecified atom stereocenters. The number of carbonyl (C=O) groups excluding carboxylic acids is 1. The number of nitrogens with zero attached hydrogens (tertiary/aromatic N) is 3. The quantitative estimate of drug-likeness (QED) is 0.576. The average molecular weight is 413 g/mol. The lowest BCUT2D eigenvalue weighted by atomic mass is 9.95. The molecule has 0 bridgehead atoms. The van der Waals surface area contributed by atoms with Crippen LogP contribution < -0.4 is 5.32 Å². The molecular weight excluding hydrogens is 388 g/mol. The number of hydrogen-bond acceptors (Lipinski definition) is 5. The zero-order valence-corrected chi connectivity index (χ0v) is 17.3. The molecule has 7 heteroatoms. The maximum absolute atomic E-state index is 12.4. The van der Waals surface area contributed by atoms with E-state index >= 15 is 0 Å². The van der Waals surface area contributed by atoms with Crippen LogP contribution in [0.5, 0.6) is 0 Å². The third-order valence-electron chi connectivity index (χ3n) is 4.94. The third-order valence-corrected chi connectivity index (χ3v) is 6.78. The molecule has 1 amide bonds. The zero-order chi connectivity index (χ0) is 19.2. The van der Waals surface area contributed by atoms with E-state index in [2.05, 4.69) is 38.3 Å². The maximum atomic E-state index is 12.4. The summed E-state index contributed by atoms with van der Waals surface area (Å²) in [6.07, 6.45) is 5.92. The summed E-state index contributed by atoms with van der Waals surface area (Å²) in [4.78, 5) is 13.5. The number of hydrogen-bond donors (Lipinski definition) is 1. The Hall–Kier alpha value is -2.12. The van der Waals surface area contributed by atoms with Gasteiger partial charge in [0.25, 0.3) is 0 Å². The summed E-state index contributed by atoms with van der Waals surface area (Å²) in [6.45, 7) is 0.688. The molecule has 0 saturated heterocycles. The molecule has 28 heavy (non-hydrogen) atoms. The highest BCUT2D eigenvalue weighted by atomic mass is 32.2. The summed E-state index contributed by atoms with van der Waals surface area (Å²) in [7, 11) is 0. The molecule has 1 fully saturated rings. The van der Waals surface area contributed by atoms with Crippen LogP contribution in [-0.4, -0.2) is 32.5 Å². The standard InChI is InChI=1S/C21H24N4OS2/c26-19(22-17-10-5-2-6-11-17)15-28-21-24-23-20(18-12-7-13-27-18)25(21)14-16-8-3-1-4-9-16/h1,3-4,7-9,12-13,17H,2,5-6,10-11,14-15H2,(H,22,26). The summed E-state index contributed by atoms with van der Waals surface area (Å²) >= 11 is 3.11. The first kappa shape index (κ1) is 19.2. The summed E-state index contributed by atoms with van der Waals surface area (Å²) in [5, 5.41) is 14.8. The van der Waals surface area contributed by atoms with Crippen LogP contribution in [0.2, 0.25) is 0 Å². The molecule has 0 atom stereocenters. The Bertz CT molecular complexity index is 887. The molecule has 5 nitrogen and oxygen atoms in total. The van der Waals surface area contributed by atoms with E-state index in [-0.39, 0.29) is 5.91 Å². The van der Waals surface area contributed by atoms with Gasteiger partial charge in [-0.3, -0.25) is 9.36 Å². The molecule has 1 aliphatic carbocycles. The fourth-order valence-electron chi connectivity index (χ4n) is 3.54. The van der Waals surface area contributed by atoms with Crippen LogP contribution >= 0.6 is 23.1 Å². The SMILES string of the molecule is O=C(CSc1nnc(-c2cccs2)n1Cc1ccccc1)NC1CCCCC1. The number of thioether (sulfide) groups is 1. The van der Waals surface area contributed by atoms with Crippen LogP contribution in [-0.2, 0) is 11.3 Å².